The number of amides is 1. The van der Waals surface area contributed by atoms with Gasteiger partial charge in [-0.2, -0.15) is 0 Å². The molecule has 4 aromatic rings. The zero-order valence-corrected chi connectivity index (χ0v) is 20.4. The summed E-state index contributed by atoms with van der Waals surface area (Å²) in [5, 5.41) is 18.5. The fraction of sp³-hybridized carbons (Fsp3) is 0.160. The Morgan fingerprint density at radius 3 is 2.35 bits per heavy atom. The first-order valence-electron chi connectivity index (χ1n) is 11.1. The van der Waals surface area contributed by atoms with Gasteiger partial charge in [-0.05, 0) is 67.1 Å². The van der Waals surface area contributed by atoms with Crippen molar-refractivity contribution in [1.82, 2.24) is 15.0 Å². The molecule has 0 aliphatic rings. The highest BCUT2D eigenvalue weighted by atomic mass is 32.2. The van der Waals surface area contributed by atoms with Crippen LogP contribution in [-0.2, 0) is 21.2 Å². The summed E-state index contributed by atoms with van der Waals surface area (Å²) in [6.07, 6.45) is -0.402. The van der Waals surface area contributed by atoms with Gasteiger partial charge in [0.1, 0.15) is 11.3 Å². The molecular weight excluding hydrogens is 500 g/mol. The van der Waals surface area contributed by atoms with Gasteiger partial charge >= 0.3 is 5.97 Å². The lowest BCUT2D eigenvalue weighted by atomic mass is 10.2. The Hall–Kier alpha value is -4.58. The average molecular weight is 523 g/mol. The standard InChI is InChI=1S/C25H22N4O7S/c1-36-18-10-6-16(7-11-18)23(30)26-17-8-12-19(13-9-17)37(34,35)22(25(32)33)14-15-29-24(31)20-4-2-3-5-21(20)27-28-29/h2-13,22H,14-15H2,1H3,(H,26,30)(H,32,33). The average Bonchev–Trinajstić information content (AvgIpc) is 2.90. The molecule has 1 aromatic heterocycles. The number of carbonyl (C=O) groups is 2. The number of hydrogen-bond acceptors (Lipinski definition) is 8. The van der Waals surface area contributed by atoms with Gasteiger partial charge in [-0.1, -0.05) is 17.3 Å². The molecule has 1 unspecified atom stereocenters. The second-order valence-electron chi connectivity index (χ2n) is 8.00. The number of aryl methyl sites for hydroxylation is 1. The first-order valence-corrected chi connectivity index (χ1v) is 12.6. The minimum Gasteiger partial charge on any atom is -0.497 e. The number of fused-ring (bicyclic) bond motifs is 1. The third kappa shape index (κ3) is 5.48. The van der Waals surface area contributed by atoms with Gasteiger partial charge in [0.25, 0.3) is 11.5 Å². The van der Waals surface area contributed by atoms with Crippen LogP contribution in [0, 0.1) is 0 Å². The van der Waals surface area contributed by atoms with E-state index in [1.807, 2.05) is 0 Å². The van der Waals surface area contributed by atoms with Crippen LogP contribution in [0.1, 0.15) is 16.8 Å². The number of aromatic nitrogens is 3. The van der Waals surface area contributed by atoms with Crippen LogP contribution < -0.4 is 15.6 Å². The Bertz CT molecular complexity index is 1620. The lowest BCUT2D eigenvalue weighted by Crippen LogP contribution is -2.34. The number of sulfone groups is 1. The number of ether oxygens (including phenoxy) is 1. The second kappa shape index (κ2) is 10.6. The van der Waals surface area contributed by atoms with E-state index in [0.717, 1.165) is 4.68 Å². The van der Waals surface area contributed by atoms with E-state index < -0.39 is 38.9 Å². The fourth-order valence-electron chi connectivity index (χ4n) is 3.66. The molecule has 1 heterocycles. The van der Waals surface area contributed by atoms with Crippen molar-refractivity contribution in [3.05, 3.63) is 88.7 Å². The van der Waals surface area contributed by atoms with Crippen LogP contribution in [0.3, 0.4) is 0 Å². The maximum atomic E-state index is 13.1. The number of rotatable bonds is 9. The van der Waals surface area contributed by atoms with E-state index >= 15 is 0 Å². The summed E-state index contributed by atoms with van der Waals surface area (Å²) in [6, 6.07) is 18.1. The van der Waals surface area contributed by atoms with Crippen molar-refractivity contribution in [2.75, 3.05) is 12.4 Å². The van der Waals surface area contributed by atoms with Crippen molar-refractivity contribution in [2.45, 2.75) is 23.1 Å². The Balaban J connectivity index is 1.49. The van der Waals surface area contributed by atoms with E-state index in [2.05, 4.69) is 15.6 Å². The second-order valence-corrected chi connectivity index (χ2v) is 10.1. The number of carboxylic acid groups (broad SMARTS) is 1. The number of hydrogen-bond donors (Lipinski definition) is 2. The maximum absolute atomic E-state index is 13.1. The Morgan fingerprint density at radius 1 is 1.03 bits per heavy atom. The minimum atomic E-state index is -4.32. The van der Waals surface area contributed by atoms with Crippen LogP contribution in [0.2, 0.25) is 0 Å². The molecule has 0 radical (unpaired) electrons. The van der Waals surface area contributed by atoms with Crippen molar-refractivity contribution >= 4 is 38.3 Å². The molecule has 1 amide bonds. The number of nitrogens with zero attached hydrogens (tertiary/aromatic N) is 3. The third-order valence-corrected chi connectivity index (χ3v) is 7.79. The summed E-state index contributed by atoms with van der Waals surface area (Å²) in [5.41, 5.74) is 0.578. The highest BCUT2D eigenvalue weighted by Crippen LogP contribution is 2.22. The Kier molecular flexibility index (Phi) is 7.30. The van der Waals surface area contributed by atoms with E-state index in [4.69, 9.17) is 4.74 Å². The number of methoxy groups -OCH3 is 1. The van der Waals surface area contributed by atoms with E-state index in [1.165, 1.54) is 31.4 Å². The molecule has 0 saturated carbocycles. The Morgan fingerprint density at radius 2 is 1.70 bits per heavy atom. The summed E-state index contributed by atoms with van der Waals surface area (Å²) >= 11 is 0. The minimum absolute atomic E-state index is 0.237. The van der Waals surface area contributed by atoms with Gasteiger partial charge in [0.2, 0.25) is 0 Å². The van der Waals surface area contributed by atoms with Gasteiger partial charge in [-0.15, -0.1) is 5.10 Å². The number of anilines is 1. The highest BCUT2D eigenvalue weighted by Gasteiger charge is 2.34. The first kappa shape index (κ1) is 25.5. The van der Waals surface area contributed by atoms with E-state index in [9.17, 15) is 27.9 Å². The normalized spacial score (nSPS) is 12.1. The Labute approximate surface area is 211 Å². The van der Waals surface area contributed by atoms with Crippen molar-refractivity contribution in [3.8, 4) is 5.75 Å². The molecule has 2 N–H and O–H groups in total. The third-order valence-electron chi connectivity index (χ3n) is 5.68. The maximum Gasteiger partial charge on any atom is 0.322 e. The quantitative estimate of drug-likeness (QED) is 0.337. The van der Waals surface area contributed by atoms with E-state index in [-0.39, 0.29) is 11.4 Å². The van der Waals surface area contributed by atoms with Crippen LogP contribution in [0.25, 0.3) is 10.9 Å². The topological polar surface area (TPSA) is 158 Å². The molecule has 190 valence electrons. The molecule has 11 nitrogen and oxygen atoms in total. The molecule has 0 spiro atoms. The monoisotopic (exact) mass is 522 g/mol. The smallest absolute Gasteiger partial charge is 0.322 e. The molecule has 0 aliphatic heterocycles. The van der Waals surface area contributed by atoms with Gasteiger partial charge in [0.05, 0.1) is 17.4 Å². The van der Waals surface area contributed by atoms with Crippen LogP contribution in [-0.4, -0.2) is 52.8 Å². The number of carbonyl (C=O) groups excluding carboxylic acids is 1. The molecule has 1 atom stereocenters. The molecule has 37 heavy (non-hydrogen) atoms. The van der Waals surface area contributed by atoms with Crippen LogP contribution in [0.4, 0.5) is 5.69 Å². The molecule has 4 rings (SSSR count). The van der Waals surface area contributed by atoms with E-state index in [0.29, 0.717) is 27.9 Å². The van der Waals surface area contributed by atoms with Gasteiger partial charge < -0.3 is 15.2 Å². The summed E-state index contributed by atoms with van der Waals surface area (Å²) in [4.78, 5) is 36.7. The summed E-state index contributed by atoms with van der Waals surface area (Å²) < 4.78 is 32.2. The lowest BCUT2D eigenvalue weighted by Gasteiger charge is -2.14. The van der Waals surface area contributed by atoms with Gasteiger partial charge in [0, 0.05) is 17.8 Å². The molecular formula is C25H22N4O7S. The molecule has 0 saturated heterocycles. The van der Waals surface area contributed by atoms with Crippen LogP contribution >= 0.6 is 0 Å². The number of carboxylic acids is 1. The molecule has 0 bridgehead atoms. The number of nitrogens with one attached hydrogen (secondary N) is 1. The SMILES string of the molecule is COc1ccc(C(=O)Nc2ccc(S(=O)(=O)C(CCn3nnc4ccccc4c3=O)C(=O)O)cc2)cc1. The summed E-state index contributed by atoms with van der Waals surface area (Å²) in [5.74, 6) is -1.38. The first-order chi connectivity index (χ1) is 17.7. The van der Waals surface area contributed by atoms with Crippen LogP contribution in [0.5, 0.6) is 5.75 Å². The van der Waals surface area contributed by atoms with Crippen molar-refractivity contribution < 1.29 is 27.9 Å². The predicted octanol–water partition coefficient (Wildman–Crippen LogP) is 2.37. The summed E-state index contributed by atoms with van der Waals surface area (Å²) in [6.45, 7) is -0.261. The zero-order valence-electron chi connectivity index (χ0n) is 19.6. The molecule has 0 aliphatic carbocycles. The van der Waals surface area contributed by atoms with Gasteiger partial charge in [-0.3, -0.25) is 14.4 Å². The predicted molar refractivity (Wildman–Crippen MR) is 134 cm³/mol. The number of benzene rings is 3. The van der Waals surface area contributed by atoms with Gasteiger partial charge in [0.15, 0.2) is 15.1 Å². The summed E-state index contributed by atoms with van der Waals surface area (Å²) in [7, 11) is -2.81. The van der Waals surface area contributed by atoms with Gasteiger partial charge in [-0.25, -0.2) is 13.1 Å². The lowest BCUT2D eigenvalue weighted by molar-refractivity contribution is -0.136. The van der Waals surface area contributed by atoms with Crippen molar-refractivity contribution in [3.63, 3.8) is 0 Å². The zero-order chi connectivity index (χ0) is 26.6. The number of aliphatic carboxylic acids is 1. The largest absolute Gasteiger partial charge is 0.497 e. The molecule has 3 aromatic carbocycles. The fourth-order valence-corrected chi connectivity index (χ4v) is 5.18. The van der Waals surface area contributed by atoms with Crippen LogP contribution in [0.15, 0.2) is 82.5 Å². The van der Waals surface area contributed by atoms with Crippen molar-refractivity contribution in [1.29, 1.82) is 0 Å². The highest BCUT2D eigenvalue weighted by molar-refractivity contribution is 7.92. The van der Waals surface area contributed by atoms with Crippen molar-refractivity contribution in [2.24, 2.45) is 0 Å². The van der Waals surface area contributed by atoms with E-state index in [1.54, 1.807) is 48.5 Å². The molecule has 12 heteroatoms. The molecule has 0 fully saturated rings.